The molecule has 8 nitrogen and oxygen atoms in total. The van der Waals surface area contributed by atoms with E-state index >= 15 is 0 Å². The molecular weight excluding hydrogens is 444 g/mol. The number of fused-ring (bicyclic) bond motifs is 1. The summed E-state index contributed by atoms with van der Waals surface area (Å²) in [6.07, 6.45) is 0.212. The number of rotatable bonds is 9. The number of aromatic nitrogens is 1. The first-order chi connectivity index (χ1) is 15.7. The van der Waals surface area contributed by atoms with Crippen LogP contribution in [-0.4, -0.2) is 48.5 Å². The van der Waals surface area contributed by atoms with Gasteiger partial charge in [0.1, 0.15) is 0 Å². The van der Waals surface area contributed by atoms with E-state index in [1.54, 1.807) is 13.0 Å². The molecule has 33 heavy (non-hydrogen) atoms. The monoisotopic (exact) mass is 472 g/mol. The molecule has 0 amide bonds. The molecule has 0 saturated carbocycles. The number of aryl methyl sites for hydroxylation is 2. The van der Waals surface area contributed by atoms with Crippen LogP contribution in [0.5, 0.6) is 0 Å². The van der Waals surface area contributed by atoms with Crippen molar-refractivity contribution in [2.24, 2.45) is 0 Å². The van der Waals surface area contributed by atoms with Gasteiger partial charge in [0.2, 0.25) is 10.0 Å². The number of nitrogens with zero attached hydrogens (tertiary/aromatic N) is 1. The van der Waals surface area contributed by atoms with Gasteiger partial charge in [-0.1, -0.05) is 12.1 Å². The number of hydrogen-bond donors (Lipinski definition) is 2. The third-order valence-corrected chi connectivity index (χ3v) is 7.40. The van der Waals surface area contributed by atoms with Crippen molar-refractivity contribution in [2.75, 3.05) is 19.8 Å². The lowest BCUT2D eigenvalue weighted by molar-refractivity contribution is 0.0526. The van der Waals surface area contributed by atoms with Gasteiger partial charge < -0.3 is 14.8 Å². The molecular formula is C24H28N2O6S. The number of carbonyl (C=O) groups excluding carboxylic acids is 1. The lowest BCUT2D eigenvalue weighted by Crippen LogP contribution is -2.34. The molecule has 0 unspecified atom stereocenters. The Morgan fingerprint density at radius 2 is 1.82 bits per heavy atom. The van der Waals surface area contributed by atoms with Gasteiger partial charge in [-0.05, 0) is 74.0 Å². The normalized spacial score (nSPS) is 11.8. The van der Waals surface area contributed by atoms with E-state index < -0.39 is 16.0 Å². The first-order valence-corrected chi connectivity index (χ1v) is 12.1. The second-order valence-corrected chi connectivity index (χ2v) is 9.69. The van der Waals surface area contributed by atoms with Gasteiger partial charge in [-0.2, -0.15) is 4.31 Å². The molecule has 3 aromatic rings. The molecule has 1 heterocycles. The van der Waals surface area contributed by atoms with Gasteiger partial charge in [0.25, 0.3) is 5.56 Å². The standard InChI is InChI=1S/C24H28N2O6S/c1-4-32-24(29)18-8-10-21(11-9-18)33(30,31)26(12-5-13-27)15-20-14-19-7-6-16(2)17(3)22(19)25-23(20)28/h6-11,14,27H,4-5,12-13,15H2,1-3H3,(H,25,28). The van der Waals surface area contributed by atoms with Crippen LogP contribution in [0.15, 0.2) is 52.2 Å². The summed E-state index contributed by atoms with van der Waals surface area (Å²) < 4.78 is 32.8. The van der Waals surface area contributed by atoms with E-state index in [1.807, 2.05) is 26.0 Å². The maximum Gasteiger partial charge on any atom is 0.338 e. The van der Waals surface area contributed by atoms with Crippen LogP contribution in [0.3, 0.4) is 0 Å². The number of ether oxygens (including phenoxy) is 1. The SMILES string of the molecule is CCOC(=O)c1ccc(S(=O)(=O)N(CCCO)Cc2cc3ccc(C)c(C)c3[nH]c2=O)cc1. The fraction of sp³-hybridized carbons (Fsp3) is 0.333. The Kier molecular flexibility index (Phi) is 7.68. The zero-order valence-electron chi connectivity index (χ0n) is 18.9. The minimum Gasteiger partial charge on any atom is -0.462 e. The van der Waals surface area contributed by atoms with Crippen molar-refractivity contribution in [3.63, 3.8) is 0 Å². The molecule has 0 aliphatic rings. The van der Waals surface area contributed by atoms with E-state index in [4.69, 9.17) is 4.74 Å². The van der Waals surface area contributed by atoms with Gasteiger partial charge in [0.15, 0.2) is 0 Å². The van der Waals surface area contributed by atoms with Crippen molar-refractivity contribution in [3.8, 4) is 0 Å². The fourth-order valence-electron chi connectivity index (χ4n) is 3.54. The van der Waals surface area contributed by atoms with Crippen LogP contribution in [0.25, 0.3) is 10.9 Å². The Labute approximate surface area is 192 Å². The first kappa shape index (κ1) is 24.6. The Morgan fingerprint density at radius 3 is 2.45 bits per heavy atom. The number of sulfonamides is 1. The topological polar surface area (TPSA) is 117 Å². The number of aromatic amines is 1. The molecule has 2 N–H and O–H groups in total. The predicted octanol–water partition coefficient (Wildman–Crippen LogP) is 2.89. The van der Waals surface area contributed by atoms with E-state index in [-0.39, 0.29) is 48.7 Å². The van der Waals surface area contributed by atoms with Crippen LogP contribution in [0, 0.1) is 13.8 Å². The average molecular weight is 473 g/mol. The number of aliphatic hydroxyl groups is 1. The number of H-pyrrole nitrogens is 1. The van der Waals surface area contributed by atoms with E-state index in [0.717, 1.165) is 22.0 Å². The number of nitrogens with one attached hydrogen (secondary N) is 1. The number of hydrogen-bond acceptors (Lipinski definition) is 6. The summed E-state index contributed by atoms with van der Waals surface area (Å²) in [6, 6.07) is 11.0. The third-order valence-electron chi connectivity index (χ3n) is 5.54. The summed E-state index contributed by atoms with van der Waals surface area (Å²) in [4.78, 5) is 27.5. The summed E-state index contributed by atoms with van der Waals surface area (Å²) in [7, 11) is -3.99. The first-order valence-electron chi connectivity index (χ1n) is 10.7. The summed E-state index contributed by atoms with van der Waals surface area (Å²) in [5.74, 6) is -0.535. The molecule has 0 fully saturated rings. The lowest BCUT2D eigenvalue weighted by Gasteiger charge is -2.22. The molecule has 0 atom stereocenters. The summed E-state index contributed by atoms with van der Waals surface area (Å²) in [5.41, 5.74) is 2.91. The van der Waals surface area contributed by atoms with Crippen molar-refractivity contribution in [1.29, 1.82) is 0 Å². The summed E-state index contributed by atoms with van der Waals surface area (Å²) in [6.45, 7) is 5.46. The highest BCUT2D eigenvalue weighted by Crippen LogP contribution is 2.22. The van der Waals surface area contributed by atoms with Crippen LogP contribution < -0.4 is 5.56 Å². The molecule has 0 aliphatic carbocycles. The van der Waals surface area contributed by atoms with Gasteiger partial charge in [-0.3, -0.25) is 4.79 Å². The van der Waals surface area contributed by atoms with E-state index in [0.29, 0.717) is 5.56 Å². The molecule has 176 valence electrons. The van der Waals surface area contributed by atoms with Crippen molar-refractivity contribution >= 4 is 26.9 Å². The highest BCUT2D eigenvalue weighted by molar-refractivity contribution is 7.89. The van der Waals surface area contributed by atoms with E-state index in [2.05, 4.69) is 4.98 Å². The molecule has 1 aromatic heterocycles. The molecule has 0 aliphatic heterocycles. The number of aliphatic hydroxyl groups excluding tert-OH is 1. The largest absolute Gasteiger partial charge is 0.462 e. The Balaban J connectivity index is 1.97. The smallest absolute Gasteiger partial charge is 0.338 e. The third kappa shape index (κ3) is 5.32. The predicted molar refractivity (Wildman–Crippen MR) is 126 cm³/mol. The Bertz CT molecular complexity index is 1310. The molecule has 0 saturated heterocycles. The number of pyridine rings is 1. The van der Waals surface area contributed by atoms with Crippen molar-refractivity contribution in [3.05, 3.63) is 75.1 Å². The van der Waals surface area contributed by atoms with Crippen LogP contribution >= 0.6 is 0 Å². The second-order valence-electron chi connectivity index (χ2n) is 7.76. The molecule has 0 radical (unpaired) electrons. The number of benzene rings is 2. The molecule has 2 aromatic carbocycles. The summed E-state index contributed by atoms with van der Waals surface area (Å²) in [5, 5.41) is 10.1. The summed E-state index contributed by atoms with van der Waals surface area (Å²) >= 11 is 0. The maximum absolute atomic E-state index is 13.3. The van der Waals surface area contributed by atoms with Gasteiger partial charge in [-0.25, -0.2) is 13.2 Å². The molecule has 9 heteroatoms. The number of esters is 1. The van der Waals surface area contributed by atoms with Gasteiger partial charge in [0, 0.05) is 25.3 Å². The zero-order chi connectivity index (χ0) is 24.2. The quantitative estimate of drug-likeness (QED) is 0.463. The lowest BCUT2D eigenvalue weighted by atomic mass is 10.0. The van der Waals surface area contributed by atoms with Crippen molar-refractivity contribution in [1.82, 2.24) is 9.29 Å². The van der Waals surface area contributed by atoms with Crippen LogP contribution in [-0.2, 0) is 21.3 Å². The zero-order valence-corrected chi connectivity index (χ0v) is 19.7. The Hall–Kier alpha value is -3.01. The van der Waals surface area contributed by atoms with Gasteiger partial charge in [0.05, 0.1) is 22.6 Å². The molecule has 0 bridgehead atoms. The second kappa shape index (κ2) is 10.3. The Morgan fingerprint density at radius 1 is 1.12 bits per heavy atom. The maximum atomic E-state index is 13.3. The van der Waals surface area contributed by atoms with E-state index in [9.17, 15) is 23.1 Å². The van der Waals surface area contributed by atoms with Crippen LogP contribution in [0.1, 0.15) is 40.4 Å². The fourth-order valence-corrected chi connectivity index (χ4v) is 4.99. The number of carbonyl (C=O) groups is 1. The molecule has 3 rings (SSSR count). The van der Waals surface area contributed by atoms with Gasteiger partial charge in [-0.15, -0.1) is 0 Å². The minimum atomic E-state index is -3.99. The van der Waals surface area contributed by atoms with Gasteiger partial charge >= 0.3 is 5.97 Å². The highest BCUT2D eigenvalue weighted by Gasteiger charge is 2.26. The van der Waals surface area contributed by atoms with Crippen molar-refractivity contribution in [2.45, 2.75) is 38.6 Å². The molecule has 0 spiro atoms. The average Bonchev–Trinajstić information content (AvgIpc) is 2.80. The highest BCUT2D eigenvalue weighted by atomic mass is 32.2. The van der Waals surface area contributed by atoms with Crippen molar-refractivity contribution < 1.29 is 23.1 Å². The van der Waals surface area contributed by atoms with Crippen LogP contribution in [0.2, 0.25) is 0 Å². The minimum absolute atomic E-state index is 0.0165. The van der Waals surface area contributed by atoms with Crippen LogP contribution in [0.4, 0.5) is 0 Å². The van der Waals surface area contributed by atoms with E-state index in [1.165, 1.54) is 28.6 Å².